The van der Waals surface area contributed by atoms with Crippen LogP contribution in [0.2, 0.25) is 0 Å². The van der Waals surface area contributed by atoms with Gasteiger partial charge in [0.25, 0.3) is 5.56 Å². The quantitative estimate of drug-likeness (QED) is 0.190. The number of methoxy groups -OCH3 is 2. The molecule has 1 unspecified atom stereocenters. The van der Waals surface area contributed by atoms with Crippen LogP contribution in [0, 0.1) is 0 Å². The fourth-order valence-corrected chi connectivity index (χ4v) is 8.05. The van der Waals surface area contributed by atoms with Crippen molar-refractivity contribution >= 4 is 34.1 Å². The van der Waals surface area contributed by atoms with Crippen molar-refractivity contribution in [2.24, 2.45) is 4.99 Å². The molecule has 0 N–H and O–H groups in total. The average Bonchev–Trinajstić information content (AvgIpc) is 3.73. The second-order valence-electron chi connectivity index (χ2n) is 12.5. The van der Waals surface area contributed by atoms with Crippen molar-refractivity contribution in [3.63, 3.8) is 0 Å². The van der Waals surface area contributed by atoms with E-state index in [0.717, 1.165) is 63.4 Å². The van der Waals surface area contributed by atoms with Gasteiger partial charge in [-0.1, -0.05) is 59.9 Å². The Morgan fingerprint density at radius 3 is 2.41 bits per heavy atom. The summed E-state index contributed by atoms with van der Waals surface area (Å²) in [5, 5.41) is 5.64. The molecule has 0 amide bonds. The van der Waals surface area contributed by atoms with Gasteiger partial charge in [-0.25, -0.2) is 14.5 Å². The summed E-state index contributed by atoms with van der Waals surface area (Å²) in [5.74, 6) is 1.54. The largest absolute Gasteiger partial charge is 0.497 e. The van der Waals surface area contributed by atoms with E-state index >= 15 is 0 Å². The molecule has 9 nitrogen and oxygen atoms in total. The van der Waals surface area contributed by atoms with Crippen molar-refractivity contribution in [1.29, 1.82) is 0 Å². The predicted molar refractivity (Wildman–Crippen MR) is 197 cm³/mol. The third kappa shape index (κ3) is 5.23. The number of allylic oxidation sites excluding steroid dienone is 1. The van der Waals surface area contributed by atoms with Gasteiger partial charge in [-0.05, 0) is 90.2 Å². The van der Waals surface area contributed by atoms with Crippen LogP contribution in [0.25, 0.3) is 39.7 Å². The maximum atomic E-state index is 14.6. The lowest BCUT2D eigenvalue weighted by Gasteiger charge is -2.31. The molecular weight excluding hydrogens is 661 g/mol. The van der Waals surface area contributed by atoms with Crippen LogP contribution in [0.4, 0.5) is 0 Å². The highest BCUT2D eigenvalue weighted by atomic mass is 32.1. The molecule has 1 atom stereocenters. The summed E-state index contributed by atoms with van der Waals surface area (Å²) in [7, 11) is 3.31. The first-order valence-electron chi connectivity index (χ1n) is 16.5. The van der Waals surface area contributed by atoms with Crippen LogP contribution in [-0.4, -0.2) is 28.6 Å². The molecule has 1 aliphatic carbocycles. The van der Waals surface area contributed by atoms with E-state index in [4.69, 9.17) is 24.0 Å². The van der Waals surface area contributed by atoms with Gasteiger partial charge in [-0.3, -0.25) is 9.36 Å². The van der Waals surface area contributed by atoms with E-state index in [9.17, 15) is 9.59 Å². The number of thiazole rings is 1. The maximum Gasteiger partial charge on any atom is 0.345 e. The molecule has 0 saturated carbocycles. The lowest BCUT2D eigenvalue weighted by atomic mass is 9.83. The highest BCUT2D eigenvalue weighted by molar-refractivity contribution is 7.07. The summed E-state index contributed by atoms with van der Waals surface area (Å²) in [4.78, 5) is 33.8. The number of hydrogen-bond acceptors (Lipinski definition) is 8. The highest BCUT2D eigenvalue weighted by Crippen LogP contribution is 2.42. The van der Waals surface area contributed by atoms with Gasteiger partial charge >= 0.3 is 5.63 Å². The molecule has 0 radical (unpaired) electrons. The monoisotopic (exact) mass is 690 g/mol. The molecule has 51 heavy (non-hydrogen) atoms. The van der Waals surface area contributed by atoms with Gasteiger partial charge in [0.15, 0.2) is 4.80 Å². The summed E-state index contributed by atoms with van der Waals surface area (Å²) in [5.41, 5.74) is 7.10. The number of ether oxygens (including phenoxy) is 2. The fraction of sp³-hybridized carbons (Fsp3) is 0.122. The number of nitrogens with zero attached hydrogens (tertiary/aromatic N) is 4. The molecule has 1 aliphatic heterocycles. The Hall–Kier alpha value is -6.26. The van der Waals surface area contributed by atoms with Gasteiger partial charge in [0, 0.05) is 22.7 Å². The van der Waals surface area contributed by atoms with E-state index in [2.05, 4.69) is 12.1 Å². The molecule has 0 saturated heterocycles. The first kappa shape index (κ1) is 30.8. The Morgan fingerprint density at radius 1 is 0.843 bits per heavy atom. The summed E-state index contributed by atoms with van der Waals surface area (Å²) in [6, 6.07) is 32.4. The van der Waals surface area contributed by atoms with E-state index < -0.39 is 5.63 Å². The molecule has 2 aliphatic rings. The molecular formula is C41H30N4O5S. The van der Waals surface area contributed by atoms with Crippen molar-refractivity contribution in [2.45, 2.75) is 18.9 Å². The Balaban J connectivity index is 1.27. The zero-order valence-electron chi connectivity index (χ0n) is 27.7. The van der Waals surface area contributed by atoms with Gasteiger partial charge in [0.2, 0.25) is 0 Å². The van der Waals surface area contributed by atoms with E-state index in [0.29, 0.717) is 31.7 Å². The Kier molecular flexibility index (Phi) is 7.40. The van der Waals surface area contributed by atoms with E-state index in [1.807, 2.05) is 91.1 Å². The molecule has 4 aromatic carbocycles. The fourth-order valence-electron chi connectivity index (χ4n) is 7.06. The van der Waals surface area contributed by atoms with Crippen molar-refractivity contribution < 1.29 is 13.9 Å². The minimum atomic E-state index is -0.509. The van der Waals surface area contributed by atoms with Crippen molar-refractivity contribution in [3.05, 3.63) is 167 Å². The minimum absolute atomic E-state index is 0.171. The molecule has 0 spiro atoms. The van der Waals surface area contributed by atoms with Crippen molar-refractivity contribution in [1.82, 2.24) is 14.3 Å². The van der Waals surface area contributed by atoms with Crippen LogP contribution in [0.1, 0.15) is 34.7 Å². The number of fused-ring (bicyclic) bond motifs is 4. The highest BCUT2D eigenvalue weighted by Gasteiger charge is 2.33. The van der Waals surface area contributed by atoms with Gasteiger partial charge in [0.1, 0.15) is 22.8 Å². The molecule has 10 heteroatoms. The first-order valence-corrected chi connectivity index (χ1v) is 17.3. The summed E-state index contributed by atoms with van der Waals surface area (Å²) in [6.45, 7) is 0. The second kappa shape index (κ2) is 12.3. The standard InChI is InChI=1S/C41H30N4O5S/c1-48-29-15-12-24(13-16-29)38-32-18-14-25-20-30(49-2)17-19-31(25)37(32)42-41-45(38)39(46)35(51-41)22-27-23-44(28-9-4-3-5-10-28)43-36(27)33-21-26-8-6-7-11-34(26)50-40(33)47/h3-13,15-17,19-23,38H,14,18H2,1-2H3. The Labute approximate surface area is 295 Å². The van der Waals surface area contributed by atoms with E-state index in [1.54, 1.807) is 35.6 Å². The lowest BCUT2D eigenvalue weighted by molar-refractivity contribution is 0.414. The van der Waals surface area contributed by atoms with E-state index in [-0.39, 0.29) is 11.6 Å². The molecule has 4 heterocycles. The topological polar surface area (TPSA) is 101 Å². The van der Waals surface area contributed by atoms with Gasteiger partial charge in [-0.2, -0.15) is 5.10 Å². The molecule has 3 aromatic heterocycles. The van der Waals surface area contributed by atoms with Crippen LogP contribution < -0.4 is 30.0 Å². The van der Waals surface area contributed by atoms with Crippen molar-refractivity contribution in [3.8, 4) is 28.4 Å². The SMILES string of the molecule is COc1ccc(C2C3=C(N=c4sc(=Cc5cn(-c6ccccc6)nc5-c5cc6ccccc6oc5=O)c(=O)n42)c2ccc(OC)cc2CC3)cc1. The third-order valence-corrected chi connectivity index (χ3v) is 10.5. The minimum Gasteiger partial charge on any atom is -0.497 e. The molecule has 7 aromatic rings. The molecule has 0 bridgehead atoms. The summed E-state index contributed by atoms with van der Waals surface area (Å²) in [6.07, 6.45) is 5.19. The Morgan fingerprint density at radius 2 is 1.61 bits per heavy atom. The van der Waals surface area contributed by atoms with Crippen LogP contribution in [-0.2, 0) is 6.42 Å². The number of rotatable bonds is 6. The van der Waals surface area contributed by atoms with Gasteiger partial charge < -0.3 is 13.9 Å². The number of aryl methyl sites for hydroxylation is 1. The molecule has 250 valence electrons. The maximum absolute atomic E-state index is 14.6. The molecule has 9 rings (SSSR count). The third-order valence-electron chi connectivity index (χ3n) is 9.55. The predicted octanol–water partition coefficient (Wildman–Crippen LogP) is 6.30. The summed E-state index contributed by atoms with van der Waals surface area (Å²) >= 11 is 1.32. The van der Waals surface area contributed by atoms with E-state index in [1.165, 1.54) is 11.3 Å². The summed E-state index contributed by atoms with van der Waals surface area (Å²) < 4.78 is 20.7. The normalized spacial score (nSPS) is 15.3. The second-order valence-corrected chi connectivity index (χ2v) is 13.5. The van der Waals surface area contributed by atoms with Crippen molar-refractivity contribution in [2.75, 3.05) is 14.2 Å². The Bertz CT molecular complexity index is 2770. The number of hydrogen-bond donors (Lipinski definition) is 0. The lowest BCUT2D eigenvalue weighted by Crippen LogP contribution is -2.38. The number of para-hydroxylation sites is 2. The van der Waals surface area contributed by atoms with Crippen LogP contribution in [0.5, 0.6) is 11.5 Å². The van der Waals surface area contributed by atoms with Crippen LogP contribution in [0.15, 0.2) is 134 Å². The van der Waals surface area contributed by atoms with Gasteiger partial charge in [-0.15, -0.1) is 0 Å². The first-order chi connectivity index (χ1) is 25.0. The van der Waals surface area contributed by atoms with Crippen LogP contribution >= 0.6 is 11.3 Å². The molecule has 0 fully saturated rings. The number of benzene rings is 4. The zero-order chi connectivity index (χ0) is 34.6. The number of aromatic nitrogens is 3. The zero-order valence-corrected chi connectivity index (χ0v) is 28.5. The van der Waals surface area contributed by atoms with Gasteiger partial charge in [0.05, 0.1) is 41.7 Å². The average molecular weight is 691 g/mol. The van der Waals surface area contributed by atoms with Crippen LogP contribution in [0.3, 0.4) is 0 Å². The smallest absolute Gasteiger partial charge is 0.345 e.